The number of nitrogens with one attached hydrogen (secondary N) is 2. The van der Waals surface area contributed by atoms with E-state index < -0.39 is 0 Å². The van der Waals surface area contributed by atoms with Crippen LogP contribution >= 0.6 is 23.5 Å². The summed E-state index contributed by atoms with van der Waals surface area (Å²) in [5.41, 5.74) is 0. The Bertz CT molecular complexity index is 307. The van der Waals surface area contributed by atoms with Crippen LogP contribution in [0.15, 0.2) is 10.3 Å². The van der Waals surface area contributed by atoms with Crippen LogP contribution in [0.3, 0.4) is 0 Å². The monoisotopic (exact) mass is 230 g/mol. The molecule has 10 heteroatoms. The molecule has 0 radical (unpaired) electrons. The summed E-state index contributed by atoms with van der Waals surface area (Å²) in [6, 6.07) is 0. The van der Waals surface area contributed by atoms with E-state index in [-0.39, 0.29) is 0 Å². The van der Waals surface area contributed by atoms with Gasteiger partial charge < -0.3 is 0 Å². The van der Waals surface area contributed by atoms with E-state index in [2.05, 4.69) is 41.2 Å². The Morgan fingerprint density at radius 3 is 1.71 bits per heavy atom. The summed E-state index contributed by atoms with van der Waals surface area (Å²) >= 11 is 3.05. The van der Waals surface area contributed by atoms with Gasteiger partial charge in [0.25, 0.3) is 0 Å². The van der Waals surface area contributed by atoms with Gasteiger partial charge in [-0.3, -0.25) is 0 Å². The Kier molecular flexibility index (Phi) is 3.29. The molecule has 0 saturated carbocycles. The number of rotatable bonds is 5. The van der Waals surface area contributed by atoms with Gasteiger partial charge in [0, 0.05) is 11.5 Å². The first-order valence-electron chi connectivity index (χ1n) is 3.67. The zero-order valence-electron chi connectivity index (χ0n) is 6.91. The van der Waals surface area contributed by atoms with Gasteiger partial charge in [-0.25, -0.2) is 0 Å². The summed E-state index contributed by atoms with van der Waals surface area (Å²) in [4.78, 5) is 0. The van der Waals surface area contributed by atoms with Crippen molar-refractivity contribution in [2.75, 3.05) is 11.5 Å². The number of thioether (sulfide) groups is 2. The Morgan fingerprint density at radius 2 is 1.36 bits per heavy atom. The van der Waals surface area contributed by atoms with E-state index in [4.69, 9.17) is 0 Å². The Balaban J connectivity index is 1.65. The summed E-state index contributed by atoms with van der Waals surface area (Å²) in [6.45, 7) is 0. The van der Waals surface area contributed by atoms with Gasteiger partial charge in [-0.15, -0.1) is 20.4 Å². The summed E-state index contributed by atoms with van der Waals surface area (Å²) < 4.78 is 0. The molecular formula is C4H6N8S2. The van der Waals surface area contributed by atoms with Crippen molar-refractivity contribution in [3.8, 4) is 0 Å². The van der Waals surface area contributed by atoms with E-state index in [1.165, 1.54) is 23.5 Å². The van der Waals surface area contributed by atoms with Gasteiger partial charge in [0.05, 0.1) is 0 Å². The molecule has 0 spiro atoms. The predicted octanol–water partition coefficient (Wildman–Crippen LogP) is -0.403. The average Bonchev–Trinajstić information content (AvgIpc) is 2.86. The van der Waals surface area contributed by atoms with Gasteiger partial charge in [0.15, 0.2) is 0 Å². The van der Waals surface area contributed by atoms with Crippen molar-refractivity contribution in [2.24, 2.45) is 0 Å². The Morgan fingerprint density at radius 1 is 0.857 bits per heavy atom. The zero-order valence-corrected chi connectivity index (χ0v) is 8.55. The maximum atomic E-state index is 3.81. The third-order valence-corrected chi connectivity index (χ3v) is 3.13. The van der Waals surface area contributed by atoms with E-state index in [9.17, 15) is 0 Å². The lowest BCUT2D eigenvalue weighted by Gasteiger charge is -1.92. The molecule has 2 heterocycles. The second-order valence-electron chi connectivity index (χ2n) is 2.09. The number of aromatic nitrogens is 8. The van der Waals surface area contributed by atoms with Gasteiger partial charge >= 0.3 is 0 Å². The number of H-pyrrole nitrogens is 2. The molecule has 2 rings (SSSR count). The maximum Gasteiger partial charge on any atom is 0.230 e. The third kappa shape index (κ3) is 2.67. The predicted molar refractivity (Wildman–Crippen MR) is 49.8 cm³/mol. The molecule has 2 N–H and O–H groups in total. The molecule has 0 fully saturated rings. The highest BCUT2D eigenvalue weighted by atomic mass is 32.2. The molecule has 0 atom stereocenters. The fraction of sp³-hybridized carbons (Fsp3) is 0.500. The van der Waals surface area contributed by atoms with Gasteiger partial charge in [-0.2, -0.15) is 10.4 Å². The van der Waals surface area contributed by atoms with Crippen molar-refractivity contribution in [3.63, 3.8) is 0 Å². The number of aromatic amines is 2. The lowest BCUT2D eigenvalue weighted by atomic mass is 11.0. The summed E-state index contributed by atoms with van der Waals surface area (Å²) in [6.07, 6.45) is 0. The minimum absolute atomic E-state index is 0.652. The van der Waals surface area contributed by atoms with Gasteiger partial charge in [0.1, 0.15) is 0 Å². The van der Waals surface area contributed by atoms with Crippen LogP contribution in [0.2, 0.25) is 0 Å². The smallest absolute Gasteiger partial charge is 0.176 e. The SMILES string of the molecule is C(CSc1nn[nH]n1)Sc1nn[nH]n1. The molecule has 0 bridgehead atoms. The molecule has 0 unspecified atom stereocenters. The fourth-order valence-electron chi connectivity index (χ4n) is 0.693. The summed E-state index contributed by atoms with van der Waals surface area (Å²) in [7, 11) is 0. The Hall–Kier alpha value is -1.16. The van der Waals surface area contributed by atoms with Gasteiger partial charge in [-0.05, 0) is 10.4 Å². The standard InChI is InChI=1S/C4H6N8S2/c1(13-3-5-9-10-6-3)2-14-4-7-11-12-8-4/h1-2H2,(H,5,6,9,10)(H,7,8,11,12). The van der Waals surface area contributed by atoms with E-state index >= 15 is 0 Å². The van der Waals surface area contributed by atoms with Crippen LogP contribution < -0.4 is 0 Å². The normalized spacial score (nSPS) is 10.6. The van der Waals surface area contributed by atoms with Crippen LogP contribution in [0.1, 0.15) is 0 Å². The van der Waals surface area contributed by atoms with Crippen molar-refractivity contribution in [3.05, 3.63) is 0 Å². The number of hydrogen-bond acceptors (Lipinski definition) is 8. The van der Waals surface area contributed by atoms with Crippen LogP contribution in [-0.4, -0.2) is 52.8 Å². The molecule has 8 nitrogen and oxygen atoms in total. The number of nitrogens with zero attached hydrogens (tertiary/aromatic N) is 6. The molecule has 14 heavy (non-hydrogen) atoms. The first kappa shape index (κ1) is 9.40. The van der Waals surface area contributed by atoms with Crippen LogP contribution in [0.5, 0.6) is 0 Å². The van der Waals surface area contributed by atoms with Crippen molar-refractivity contribution in [1.82, 2.24) is 41.2 Å². The minimum Gasteiger partial charge on any atom is -0.176 e. The van der Waals surface area contributed by atoms with Crippen molar-refractivity contribution in [1.29, 1.82) is 0 Å². The second kappa shape index (κ2) is 4.91. The highest BCUT2D eigenvalue weighted by Gasteiger charge is 2.01. The summed E-state index contributed by atoms with van der Waals surface area (Å²) in [5, 5.41) is 28.2. The van der Waals surface area contributed by atoms with Crippen molar-refractivity contribution in [2.45, 2.75) is 10.3 Å². The highest BCUT2D eigenvalue weighted by Crippen LogP contribution is 2.16. The van der Waals surface area contributed by atoms with E-state index in [0.29, 0.717) is 10.3 Å². The van der Waals surface area contributed by atoms with E-state index in [1.807, 2.05) is 0 Å². The molecule has 0 aromatic carbocycles. The maximum absolute atomic E-state index is 3.81. The molecule has 0 saturated heterocycles. The second-order valence-corrected chi connectivity index (χ2v) is 4.21. The van der Waals surface area contributed by atoms with Crippen LogP contribution in [0.25, 0.3) is 0 Å². The first-order chi connectivity index (χ1) is 6.95. The van der Waals surface area contributed by atoms with Crippen LogP contribution in [0, 0.1) is 0 Å². The number of hydrogen-bond donors (Lipinski definition) is 2. The highest BCUT2D eigenvalue weighted by molar-refractivity contribution is 8.02. The first-order valence-corrected chi connectivity index (χ1v) is 5.65. The lowest BCUT2D eigenvalue weighted by Crippen LogP contribution is -1.86. The summed E-state index contributed by atoms with van der Waals surface area (Å²) in [5.74, 6) is 1.75. The van der Waals surface area contributed by atoms with Crippen molar-refractivity contribution < 1.29 is 0 Å². The molecule has 74 valence electrons. The molecule has 0 aliphatic heterocycles. The topological polar surface area (TPSA) is 109 Å². The largest absolute Gasteiger partial charge is 0.230 e. The van der Waals surface area contributed by atoms with E-state index in [1.54, 1.807) is 0 Å². The third-order valence-electron chi connectivity index (χ3n) is 1.20. The minimum atomic E-state index is 0.652. The Labute approximate surface area is 87.0 Å². The molecule has 2 aromatic rings. The van der Waals surface area contributed by atoms with Gasteiger partial charge in [0.2, 0.25) is 10.3 Å². The molecule has 0 aliphatic rings. The molecule has 2 aromatic heterocycles. The lowest BCUT2D eigenvalue weighted by molar-refractivity contribution is 0.881. The van der Waals surface area contributed by atoms with Crippen molar-refractivity contribution >= 4 is 23.5 Å². The quantitative estimate of drug-likeness (QED) is 0.527. The molecular weight excluding hydrogens is 224 g/mol. The van der Waals surface area contributed by atoms with Gasteiger partial charge in [-0.1, -0.05) is 23.5 Å². The number of tetrazole rings is 2. The van der Waals surface area contributed by atoms with Crippen LogP contribution in [-0.2, 0) is 0 Å². The van der Waals surface area contributed by atoms with Crippen LogP contribution in [0.4, 0.5) is 0 Å². The zero-order chi connectivity index (χ0) is 9.64. The fourth-order valence-corrected chi connectivity index (χ4v) is 2.13. The molecule has 0 amide bonds. The average molecular weight is 230 g/mol. The van der Waals surface area contributed by atoms with E-state index in [0.717, 1.165) is 11.5 Å². The molecule has 0 aliphatic carbocycles.